The first kappa shape index (κ1) is 10.4. The molecule has 16 heavy (non-hydrogen) atoms. The fourth-order valence-electron chi connectivity index (χ4n) is 3.72. The molecule has 2 atom stereocenters. The maximum absolute atomic E-state index is 2.72. The number of hydrogen-bond acceptors (Lipinski definition) is 1. The minimum absolute atomic E-state index is 0.746. The highest BCUT2D eigenvalue weighted by molar-refractivity contribution is 5.17. The molecule has 2 saturated heterocycles. The highest BCUT2D eigenvalue weighted by Crippen LogP contribution is 2.36. The molecule has 2 nitrogen and oxygen atoms in total. The van der Waals surface area contributed by atoms with Crippen LogP contribution in [-0.2, 0) is 0 Å². The van der Waals surface area contributed by atoms with Crippen molar-refractivity contribution in [2.24, 2.45) is 0 Å². The Balaban J connectivity index is 1.90. The van der Waals surface area contributed by atoms with Gasteiger partial charge in [0.05, 0.1) is 6.04 Å². The van der Waals surface area contributed by atoms with Crippen LogP contribution in [-0.4, -0.2) is 28.6 Å². The van der Waals surface area contributed by atoms with Crippen molar-refractivity contribution in [2.75, 3.05) is 13.1 Å². The second-order valence-electron chi connectivity index (χ2n) is 5.44. The molecule has 0 aromatic carbocycles. The van der Waals surface area contributed by atoms with Gasteiger partial charge in [0, 0.05) is 24.0 Å². The minimum atomic E-state index is 0.746. The van der Waals surface area contributed by atoms with Gasteiger partial charge in [-0.1, -0.05) is 6.42 Å². The third-order valence-corrected chi connectivity index (χ3v) is 4.48. The van der Waals surface area contributed by atoms with Crippen molar-refractivity contribution in [2.45, 2.75) is 51.6 Å². The Morgan fingerprint density at radius 1 is 0.938 bits per heavy atom. The largest absolute Gasteiger partial charge is 0.345 e. The van der Waals surface area contributed by atoms with Crippen LogP contribution in [0.5, 0.6) is 0 Å². The summed E-state index contributed by atoms with van der Waals surface area (Å²) in [5, 5.41) is 0. The molecule has 2 aliphatic heterocycles. The molecule has 2 heteroatoms. The Kier molecular flexibility index (Phi) is 2.55. The zero-order valence-corrected chi connectivity index (χ0v) is 10.4. The fraction of sp³-hybridized carbons (Fsp3) is 0.714. The highest BCUT2D eigenvalue weighted by atomic mass is 15.2. The molecule has 2 unspecified atom stereocenters. The van der Waals surface area contributed by atoms with Crippen LogP contribution in [0.3, 0.4) is 0 Å². The van der Waals surface area contributed by atoms with Crippen molar-refractivity contribution >= 4 is 0 Å². The Morgan fingerprint density at radius 2 is 1.69 bits per heavy atom. The Morgan fingerprint density at radius 3 is 2.44 bits per heavy atom. The van der Waals surface area contributed by atoms with E-state index >= 15 is 0 Å². The average Bonchev–Trinajstić information content (AvgIpc) is 2.83. The summed E-state index contributed by atoms with van der Waals surface area (Å²) in [5.41, 5.74) is 2.88. The minimum Gasteiger partial charge on any atom is -0.345 e. The van der Waals surface area contributed by atoms with E-state index < -0.39 is 0 Å². The number of hydrogen-bond donors (Lipinski definition) is 0. The second-order valence-corrected chi connectivity index (χ2v) is 5.44. The normalized spacial score (nSPS) is 30.6. The van der Waals surface area contributed by atoms with Gasteiger partial charge in [-0.3, -0.25) is 4.90 Å². The quantitative estimate of drug-likeness (QED) is 0.703. The molecular weight excluding hydrogens is 196 g/mol. The number of piperidine rings is 1. The second kappa shape index (κ2) is 3.92. The number of nitrogens with zero attached hydrogens (tertiary/aromatic N) is 2. The number of aromatic nitrogens is 1. The van der Waals surface area contributed by atoms with Gasteiger partial charge in [0.1, 0.15) is 0 Å². The van der Waals surface area contributed by atoms with E-state index in [-0.39, 0.29) is 0 Å². The Bertz CT molecular complexity index is 361. The van der Waals surface area contributed by atoms with Gasteiger partial charge >= 0.3 is 0 Å². The van der Waals surface area contributed by atoms with Gasteiger partial charge in [-0.15, -0.1) is 0 Å². The first-order valence-corrected chi connectivity index (χ1v) is 6.66. The van der Waals surface area contributed by atoms with Crippen molar-refractivity contribution in [3.05, 3.63) is 23.5 Å². The van der Waals surface area contributed by atoms with Gasteiger partial charge in [0.15, 0.2) is 0 Å². The fourth-order valence-corrected chi connectivity index (χ4v) is 3.72. The average molecular weight is 218 g/mol. The van der Waals surface area contributed by atoms with E-state index in [4.69, 9.17) is 0 Å². The zero-order chi connectivity index (χ0) is 11.1. The molecule has 0 radical (unpaired) electrons. The lowest BCUT2D eigenvalue weighted by molar-refractivity contribution is 0.172. The molecule has 0 saturated carbocycles. The summed E-state index contributed by atoms with van der Waals surface area (Å²) in [6.45, 7) is 7.14. The Hall–Kier alpha value is -0.760. The van der Waals surface area contributed by atoms with E-state index in [0.29, 0.717) is 0 Å². The molecule has 0 bridgehead atoms. The molecule has 0 aliphatic carbocycles. The summed E-state index contributed by atoms with van der Waals surface area (Å²) in [6.07, 6.45) is 5.59. The van der Waals surface area contributed by atoms with Crippen LogP contribution in [0.4, 0.5) is 0 Å². The van der Waals surface area contributed by atoms with Crippen LogP contribution < -0.4 is 0 Å². The first-order chi connectivity index (χ1) is 7.77. The van der Waals surface area contributed by atoms with Crippen LogP contribution in [0, 0.1) is 13.8 Å². The van der Waals surface area contributed by atoms with E-state index in [1.54, 1.807) is 0 Å². The molecule has 2 fully saturated rings. The van der Waals surface area contributed by atoms with Crippen molar-refractivity contribution in [1.29, 1.82) is 0 Å². The van der Waals surface area contributed by atoms with E-state index in [0.717, 1.165) is 12.1 Å². The predicted molar refractivity (Wildman–Crippen MR) is 66.8 cm³/mol. The van der Waals surface area contributed by atoms with Gasteiger partial charge in [-0.05, 0) is 51.8 Å². The molecule has 3 rings (SSSR count). The van der Waals surface area contributed by atoms with Gasteiger partial charge in [0.25, 0.3) is 0 Å². The van der Waals surface area contributed by atoms with Crippen molar-refractivity contribution in [3.8, 4) is 0 Å². The lowest BCUT2D eigenvalue weighted by Gasteiger charge is -2.33. The third-order valence-electron chi connectivity index (χ3n) is 4.48. The van der Waals surface area contributed by atoms with Crippen LogP contribution in [0.1, 0.15) is 43.1 Å². The van der Waals surface area contributed by atoms with Gasteiger partial charge < -0.3 is 4.57 Å². The molecule has 0 N–H and O–H groups in total. The van der Waals surface area contributed by atoms with Gasteiger partial charge in [-0.2, -0.15) is 0 Å². The molecule has 2 aliphatic rings. The maximum atomic E-state index is 2.72. The summed E-state index contributed by atoms with van der Waals surface area (Å²) in [4.78, 5) is 2.72. The lowest BCUT2D eigenvalue weighted by Crippen LogP contribution is -2.38. The van der Waals surface area contributed by atoms with E-state index in [1.165, 1.54) is 50.2 Å². The molecule has 0 amide bonds. The molecule has 0 spiro atoms. The Labute approximate surface area is 98.2 Å². The standard InChI is InChI=1S/C14H22N2/c1-11-6-7-12(2)16(11)14-8-10-15-9-4-3-5-13(14)15/h6-7,13-14H,3-5,8-10H2,1-2H3. The molecule has 88 valence electrons. The molecule has 3 heterocycles. The molecule has 1 aromatic rings. The van der Waals surface area contributed by atoms with Gasteiger partial charge in [0.2, 0.25) is 0 Å². The summed E-state index contributed by atoms with van der Waals surface area (Å²) >= 11 is 0. The molecule has 1 aromatic heterocycles. The van der Waals surface area contributed by atoms with Crippen LogP contribution in [0.2, 0.25) is 0 Å². The zero-order valence-electron chi connectivity index (χ0n) is 10.4. The van der Waals surface area contributed by atoms with Crippen LogP contribution >= 0.6 is 0 Å². The number of fused-ring (bicyclic) bond motifs is 1. The summed E-state index contributed by atoms with van der Waals surface area (Å²) < 4.78 is 2.58. The van der Waals surface area contributed by atoms with Crippen LogP contribution in [0.25, 0.3) is 0 Å². The monoisotopic (exact) mass is 218 g/mol. The van der Waals surface area contributed by atoms with Gasteiger partial charge in [-0.25, -0.2) is 0 Å². The number of aryl methyl sites for hydroxylation is 2. The first-order valence-electron chi connectivity index (χ1n) is 6.66. The van der Waals surface area contributed by atoms with E-state index in [9.17, 15) is 0 Å². The maximum Gasteiger partial charge on any atom is 0.0503 e. The molecular formula is C14H22N2. The van der Waals surface area contributed by atoms with Crippen molar-refractivity contribution in [1.82, 2.24) is 9.47 Å². The number of rotatable bonds is 1. The van der Waals surface area contributed by atoms with Crippen molar-refractivity contribution in [3.63, 3.8) is 0 Å². The summed E-state index contributed by atoms with van der Waals surface area (Å²) in [6, 6.07) is 6.09. The topological polar surface area (TPSA) is 8.17 Å². The predicted octanol–water partition coefficient (Wildman–Crippen LogP) is 2.90. The van der Waals surface area contributed by atoms with Crippen molar-refractivity contribution < 1.29 is 0 Å². The van der Waals surface area contributed by atoms with E-state index in [1.807, 2.05) is 0 Å². The highest BCUT2D eigenvalue weighted by Gasteiger charge is 2.36. The van der Waals surface area contributed by atoms with E-state index in [2.05, 4.69) is 35.4 Å². The smallest absolute Gasteiger partial charge is 0.0503 e. The summed E-state index contributed by atoms with van der Waals surface area (Å²) in [5.74, 6) is 0. The lowest BCUT2D eigenvalue weighted by atomic mass is 9.98. The summed E-state index contributed by atoms with van der Waals surface area (Å²) in [7, 11) is 0. The van der Waals surface area contributed by atoms with Crippen LogP contribution in [0.15, 0.2) is 12.1 Å². The SMILES string of the molecule is Cc1ccc(C)n1C1CCN2CCCCC12. The third kappa shape index (κ3) is 1.51.